The molecular formula is C42H24N8S3. The lowest BCUT2D eigenvalue weighted by Crippen LogP contribution is -2.12. The van der Waals surface area contributed by atoms with Gasteiger partial charge in [-0.3, -0.25) is 0 Å². The lowest BCUT2D eigenvalue weighted by atomic mass is 10.0. The number of para-hydroxylation sites is 2. The molecule has 0 aliphatic rings. The number of hydrogen-bond acceptors (Lipinski definition) is 10. The van der Waals surface area contributed by atoms with Gasteiger partial charge in [0.2, 0.25) is 0 Å². The molecule has 11 heteroatoms. The molecule has 7 aromatic carbocycles. The van der Waals surface area contributed by atoms with Crippen molar-refractivity contribution in [3.8, 4) is 27.9 Å². The molecule has 0 unspecified atom stereocenters. The van der Waals surface area contributed by atoms with Gasteiger partial charge in [-0.25, -0.2) is 0 Å². The van der Waals surface area contributed by atoms with Crippen LogP contribution < -0.4 is 4.90 Å². The van der Waals surface area contributed by atoms with Crippen LogP contribution in [-0.2, 0) is 0 Å². The summed E-state index contributed by atoms with van der Waals surface area (Å²) in [7, 11) is 0. The lowest BCUT2D eigenvalue weighted by molar-refractivity contribution is 1.18. The van der Waals surface area contributed by atoms with Crippen LogP contribution in [0.3, 0.4) is 0 Å². The van der Waals surface area contributed by atoms with Crippen LogP contribution in [0.1, 0.15) is 0 Å². The smallest absolute Gasteiger partial charge is 0.129 e. The minimum Gasteiger partial charge on any atom is -0.309 e. The second-order valence-corrected chi connectivity index (χ2v) is 14.3. The van der Waals surface area contributed by atoms with E-state index >= 15 is 0 Å². The molecule has 11 rings (SSSR count). The Balaban J connectivity index is 1.07. The molecular weight excluding hydrogens is 713 g/mol. The summed E-state index contributed by atoms with van der Waals surface area (Å²) in [4.78, 5) is 2.20. The topological polar surface area (TPSA) is 85.5 Å². The lowest BCUT2D eigenvalue weighted by Gasteiger charge is -2.26. The van der Waals surface area contributed by atoms with E-state index in [1.54, 1.807) is 0 Å². The van der Waals surface area contributed by atoms with Crippen molar-refractivity contribution in [2.24, 2.45) is 0 Å². The Morgan fingerprint density at radius 3 is 1.53 bits per heavy atom. The zero-order valence-corrected chi connectivity index (χ0v) is 30.1. The summed E-state index contributed by atoms with van der Waals surface area (Å²) in [5.74, 6) is 0. The van der Waals surface area contributed by atoms with Gasteiger partial charge < -0.3 is 9.47 Å². The number of anilines is 3. The molecule has 0 aliphatic carbocycles. The third-order valence-electron chi connectivity index (χ3n) is 9.88. The molecule has 0 N–H and O–H groups in total. The van der Waals surface area contributed by atoms with Gasteiger partial charge >= 0.3 is 0 Å². The summed E-state index contributed by atoms with van der Waals surface area (Å²) in [6.45, 7) is 0. The molecule has 11 aromatic rings. The van der Waals surface area contributed by atoms with Crippen molar-refractivity contribution >= 4 is 107 Å². The van der Waals surface area contributed by atoms with E-state index < -0.39 is 0 Å². The number of hydrogen-bond donors (Lipinski definition) is 0. The maximum Gasteiger partial charge on any atom is 0.129 e. The molecule has 0 radical (unpaired) electrons. The first-order valence-electron chi connectivity index (χ1n) is 17.0. The quantitative estimate of drug-likeness (QED) is 0.168. The Kier molecular flexibility index (Phi) is 6.90. The van der Waals surface area contributed by atoms with E-state index in [9.17, 15) is 0 Å². The number of fused-ring (bicyclic) bond motifs is 6. The molecule has 8 nitrogen and oxygen atoms in total. The average Bonchev–Trinajstić information content (AvgIpc) is 4.05. The summed E-state index contributed by atoms with van der Waals surface area (Å²) in [5.41, 5.74) is 15.2. The van der Waals surface area contributed by atoms with Crippen molar-refractivity contribution in [1.82, 2.24) is 30.8 Å². The second-order valence-electron chi connectivity index (χ2n) is 12.7. The highest BCUT2D eigenvalue weighted by atomic mass is 32.1. The molecule has 0 atom stereocenters. The van der Waals surface area contributed by atoms with E-state index in [-0.39, 0.29) is 0 Å². The van der Waals surface area contributed by atoms with Gasteiger partial charge in [-0.2, -0.15) is 26.2 Å². The van der Waals surface area contributed by atoms with Crippen molar-refractivity contribution in [3.05, 3.63) is 146 Å². The zero-order valence-electron chi connectivity index (χ0n) is 27.7. The van der Waals surface area contributed by atoms with Crippen LogP contribution in [0.4, 0.5) is 17.1 Å². The highest BCUT2D eigenvalue weighted by molar-refractivity contribution is 7.00. The Hall–Kier alpha value is -6.40. The van der Waals surface area contributed by atoms with E-state index in [0.717, 1.165) is 78.1 Å². The van der Waals surface area contributed by atoms with Crippen molar-refractivity contribution in [3.63, 3.8) is 0 Å². The van der Waals surface area contributed by atoms with Gasteiger partial charge in [0, 0.05) is 27.6 Å². The minimum atomic E-state index is 0.794. The predicted octanol–water partition coefficient (Wildman–Crippen LogP) is 11.6. The average molecular weight is 737 g/mol. The summed E-state index contributed by atoms with van der Waals surface area (Å²) in [6.07, 6.45) is 0. The number of rotatable bonds is 6. The molecule has 0 saturated heterocycles. The fraction of sp³-hybridized carbons (Fsp3) is 0. The maximum atomic E-state index is 4.92. The Bertz CT molecular complexity index is 3090. The molecule has 250 valence electrons. The van der Waals surface area contributed by atoms with Gasteiger partial charge in [-0.15, -0.1) is 0 Å². The van der Waals surface area contributed by atoms with Gasteiger partial charge in [0.05, 0.1) is 63.3 Å². The molecule has 0 bridgehead atoms. The summed E-state index contributed by atoms with van der Waals surface area (Å²) in [6, 6.07) is 50.8. The van der Waals surface area contributed by atoms with Crippen LogP contribution in [-0.4, -0.2) is 30.8 Å². The summed E-state index contributed by atoms with van der Waals surface area (Å²) < 4.78 is 31.1. The Morgan fingerprint density at radius 2 is 0.887 bits per heavy atom. The van der Waals surface area contributed by atoms with Crippen LogP contribution >= 0.6 is 35.2 Å². The molecule has 4 heterocycles. The normalized spacial score (nSPS) is 11.8. The molecule has 0 spiro atoms. The van der Waals surface area contributed by atoms with E-state index in [4.69, 9.17) is 21.9 Å². The van der Waals surface area contributed by atoms with Crippen molar-refractivity contribution < 1.29 is 0 Å². The minimum absolute atomic E-state index is 0.794. The van der Waals surface area contributed by atoms with Crippen LogP contribution in [0.15, 0.2) is 146 Å². The zero-order chi connectivity index (χ0) is 34.9. The van der Waals surface area contributed by atoms with E-state index in [0.29, 0.717) is 0 Å². The largest absolute Gasteiger partial charge is 0.309 e. The Labute approximate surface area is 314 Å². The monoisotopic (exact) mass is 736 g/mol. The molecule has 0 fully saturated rings. The van der Waals surface area contributed by atoms with E-state index in [2.05, 4.69) is 129 Å². The van der Waals surface area contributed by atoms with Gasteiger partial charge in [0.15, 0.2) is 0 Å². The number of benzene rings is 7. The summed E-state index contributed by atoms with van der Waals surface area (Å²) >= 11 is 3.64. The third-order valence-corrected chi connectivity index (χ3v) is 11.5. The standard InChI is InChI=1S/C42H24N8S3/c1-2-9-25(10-3-1)28-21-23-36(41-38(28)44-52-47-41)50(35-16-8-13-32-40(35)46-51-43-32)37-24-22-29(39-42(37)48-53-45-39)26-17-19-27(20-18-26)49-33-14-6-4-11-30(33)31-12-5-7-15-34(31)49/h1-24H. The highest BCUT2D eigenvalue weighted by Gasteiger charge is 2.26. The second kappa shape index (κ2) is 12.1. The van der Waals surface area contributed by atoms with Crippen molar-refractivity contribution in [2.45, 2.75) is 0 Å². The first-order valence-corrected chi connectivity index (χ1v) is 19.2. The van der Waals surface area contributed by atoms with Crippen LogP contribution in [0.25, 0.3) is 82.8 Å². The van der Waals surface area contributed by atoms with Gasteiger partial charge in [0.25, 0.3) is 0 Å². The van der Waals surface area contributed by atoms with Gasteiger partial charge in [0.1, 0.15) is 33.1 Å². The molecule has 0 aliphatic heterocycles. The number of aromatic nitrogens is 7. The maximum absolute atomic E-state index is 4.92. The van der Waals surface area contributed by atoms with Crippen LogP contribution in [0.2, 0.25) is 0 Å². The fourth-order valence-electron chi connectivity index (χ4n) is 7.50. The van der Waals surface area contributed by atoms with Crippen molar-refractivity contribution in [1.29, 1.82) is 0 Å². The Morgan fingerprint density at radius 1 is 0.377 bits per heavy atom. The van der Waals surface area contributed by atoms with E-state index in [1.807, 2.05) is 30.3 Å². The van der Waals surface area contributed by atoms with Gasteiger partial charge in [-0.1, -0.05) is 84.9 Å². The van der Waals surface area contributed by atoms with Crippen LogP contribution in [0, 0.1) is 0 Å². The van der Waals surface area contributed by atoms with Crippen molar-refractivity contribution in [2.75, 3.05) is 4.90 Å². The third kappa shape index (κ3) is 4.71. The van der Waals surface area contributed by atoms with Crippen LogP contribution in [0.5, 0.6) is 0 Å². The summed E-state index contributed by atoms with van der Waals surface area (Å²) in [5, 5.41) is 2.49. The first kappa shape index (κ1) is 30.2. The molecule has 0 saturated carbocycles. The predicted molar refractivity (Wildman–Crippen MR) is 219 cm³/mol. The first-order chi connectivity index (χ1) is 26.3. The van der Waals surface area contributed by atoms with E-state index in [1.165, 1.54) is 57.0 Å². The number of nitrogens with zero attached hydrogens (tertiary/aromatic N) is 8. The fourth-order valence-corrected chi connectivity index (χ4v) is 9.19. The highest BCUT2D eigenvalue weighted by Crippen LogP contribution is 2.46. The molecule has 4 aromatic heterocycles. The molecule has 0 amide bonds. The van der Waals surface area contributed by atoms with Gasteiger partial charge in [-0.05, 0) is 71.8 Å². The SMILES string of the molecule is c1ccc(-c2ccc(N(c3cccc4nsnc34)c3ccc(-c4ccc(-n5c6ccccc6c6ccccc65)cc4)c4nsnc34)c3nsnc23)cc1. The molecule has 53 heavy (non-hydrogen) atoms.